The molecule has 94 valence electrons. The summed E-state index contributed by atoms with van der Waals surface area (Å²) in [6.07, 6.45) is -0.584. The SMILES string of the molecule is CN(CC(O)c1ccccc1)c1cccc(F)c1. The van der Waals surface area contributed by atoms with Crippen LogP contribution in [0.4, 0.5) is 10.1 Å². The molecule has 0 saturated heterocycles. The van der Waals surface area contributed by atoms with Crippen molar-refractivity contribution in [1.29, 1.82) is 0 Å². The van der Waals surface area contributed by atoms with Gasteiger partial charge in [0.1, 0.15) is 5.82 Å². The molecule has 0 bridgehead atoms. The summed E-state index contributed by atoms with van der Waals surface area (Å²) in [6, 6.07) is 15.8. The molecule has 0 aliphatic heterocycles. The molecule has 0 amide bonds. The van der Waals surface area contributed by atoms with Crippen molar-refractivity contribution in [2.75, 3.05) is 18.5 Å². The summed E-state index contributed by atoms with van der Waals surface area (Å²) >= 11 is 0. The van der Waals surface area contributed by atoms with Gasteiger partial charge >= 0.3 is 0 Å². The monoisotopic (exact) mass is 245 g/mol. The number of aliphatic hydroxyl groups is 1. The van der Waals surface area contributed by atoms with E-state index in [9.17, 15) is 9.50 Å². The van der Waals surface area contributed by atoms with Gasteiger partial charge in [-0.1, -0.05) is 36.4 Å². The first-order valence-electron chi connectivity index (χ1n) is 5.86. The van der Waals surface area contributed by atoms with Crippen LogP contribution in [0.5, 0.6) is 0 Å². The minimum Gasteiger partial charge on any atom is -0.387 e. The number of benzene rings is 2. The summed E-state index contributed by atoms with van der Waals surface area (Å²) in [5, 5.41) is 10.1. The van der Waals surface area contributed by atoms with E-state index in [1.807, 2.05) is 48.3 Å². The summed E-state index contributed by atoms with van der Waals surface area (Å²) in [7, 11) is 1.83. The molecule has 0 aliphatic carbocycles. The number of rotatable bonds is 4. The van der Waals surface area contributed by atoms with Crippen LogP contribution in [0.15, 0.2) is 54.6 Å². The number of anilines is 1. The molecule has 2 aromatic carbocycles. The molecule has 2 nitrogen and oxygen atoms in total. The second kappa shape index (κ2) is 5.65. The molecule has 18 heavy (non-hydrogen) atoms. The molecule has 0 fully saturated rings. The third-order valence-corrected chi connectivity index (χ3v) is 2.88. The second-order valence-electron chi connectivity index (χ2n) is 4.29. The Kier molecular flexibility index (Phi) is 3.95. The van der Waals surface area contributed by atoms with Crippen LogP contribution in [0.1, 0.15) is 11.7 Å². The highest BCUT2D eigenvalue weighted by molar-refractivity contribution is 5.45. The van der Waals surface area contributed by atoms with E-state index in [4.69, 9.17) is 0 Å². The minimum absolute atomic E-state index is 0.270. The molecule has 1 unspecified atom stereocenters. The predicted molar refractivity (Wildman–Crippen MR) is 71.1 cm³/mol. The van der Waals surface area contributed by atoms with Crippen molar-refractivity contribution < 1.29 is 9.50 Å². The zero-order valence-corrected chi connectivity index (χ0v) is 10.3. The Morgan fingerprint density at radius 2 is 1.83 bits per heavy atom. The van der Waals surface area contributed by atoms with Gasteiger partial charge in [0.2, 0.25) is 0 Å². The van der Waals surface area contributed by atoms with Crippen LogP contribution < -0.4 is 4.90 Å². The van der Waals surface area contributed by atoms with Crippen LogP contribution in [0, 0.1) is 5.82 Å². The zero-order chi connectivity index (χ0) is 13.0. The number of hydrogen-bond acceptors (Lipinski definition) is 2. The molecule has 2 rings (SSSR count). The summed E-state index contributed by atoms with van der Waals surface area (Å²) < 4.78 is 13.1. The van der Waals surface area contributed by atoms with E-state index in [1.54, 1.807) is 6.07 Å². The van der Waals surface area contributed by atoms with E-state index in [0.29, 0.717) is 6.54 Å². The maximum Gasteiger partial charge on any atom is 0.125 e. The van der Waals surface area contributed by atoms with Crippen LogP contribution in [0.25, 0.3) is 0 Å². The van der Waals surface area contributed by atoms with Crippen molar-refractivity contribution >= 4 is 5.69 Å². The van der Waals surface area contributed by atoms with Crippen molar-refractivity contribution in [2.24, 2.45) is 0 Å². The molecule has 0 saturated carbocycles. The maximum atomic E-state index is 13.1. The molecular weight excluding hydrogens is 229 g/mol. The van der Waals surface area contributed by atoms with Crippen LogP contribution in [0.2, 0.25) is 0 Å². The van der Waals surface area contributed by atoms with E-state index < -0.39 is 6.10 Å². The Morgan fingerprint density at radius 1 is 1.11 bits per heavy atom. The fraction of sp³-hybridized carbons (Fsp3) is 0.200. The number of nitrogens with zero attached hydrogens (tertiary/aromatic N) is 1. The third-order valence-electron chi connectivity index (χ3n) is 2.88. The summed E-state index contributed by atoms with van der Waals surface area (Å²) in [6.45, 7) is 0.424. The Balaban J connectivity index is 2.05. The lowest BCUT2D eigenvalue weighted by molar-refractivity contribution is 0.185. The van der Waals surface area contributed by atoms with Gasteiger partial charge in [-0.2, -0.15) is 0 Å². The van der Waals surface area contributed by atoms with Crippen molar-refractivity contribution in [3.8, 4) is 0 Å². The Labute approximate surface area is 106 Å². The van der Waals surface area contributed by atoms with Gasteiger partial charge in [-0.25, -0.2) is 4.39 Å². The van der Waals surface area contributed by atoms with Gasteiger partial charge in [-0.05, 0) is 23.8 Å². The lowest BCUT2D eigenvalue weighted by atomic mass is 10.1. The summed E-state index contributed by atoms with van der Waals surface area (Å²) in [5.74, 6) is -0.270. The number of likely N-dealkylation sites (N-methyl/N-ethyl adjacent to an activating group) is 1. The quantitative estimate of drug-likeness (QED) is 0.895. The molecule has 0 spiro atoms. The number of hydrogen-bond donors (Lipinski definition) is 1. The van der Waals surface area contributed by atoms with E-state index >= 15 is 0 Å². The first-order valence-corrected chi connectivity index (χ1v) is 5.86. The summed E-state index contributed by atoms with van der Waals surface area (Å²) in [4.78, 5) is 1.83. The summed E-state index contributed by atoms with van der Waals surface area (Å²) in [5.41, 5.74) is 1.62. The van der Waals surface area contributed by atoms with Gasteiger partial charge in [0.05, 0.1) is 6.10 Å². The fourth-order valence-corrected chi connectivity index (χ4v) is 1.86. The van der Waals surface area contributed by atoms with Gasteiger partial charge in [-0.3, -0.25) is 0 Å². The highest BCUT2D eigenvalue weighted by Gasteiger charge is 2.11. The molecule has 1 atom stereocenters. The van der Waals surface area contributed by atoms with Crippen molar-refractivity contribution in [3.63, 3.8) is 0 Å². The second-order valence-corrected chi connectivity index (χ2v) is 4.29. The normalized spacial score (nSPS) is 12.2. The molecule has 0 radical (unpaired) electrons. The van der Waals surface area contributed by atoms with Crippen LogP contribution in [0.3, 0.4) is 0 Å². The van der Waals surface area contributed by atoms with Crippen LogP contribution in [-0.4, -0.2) is 18.7 Å². The first-order chi connectivity index (χ1) is 8.66. The smallest absolute Gasteiger partial charge is 0.125 e. The molecule has 2 aromatic rings. The van der Waals surface area contributed by atoms with E-state index in [1.165, 1.54) is 12.1 Å². The number of halogens is 1. The standard InChI is InChI=1S/C15H16FNO/c1-17(14-9-5-8-13(16)10-14)11-15(18)12-6-3-2-4-7-12/h2-10,15,18H,11H2,1H3. The third kappa shape index (κ3) is 3.08. The number of aliphatic hydroxyl groups excluding tert-OH is 1. The van der Waals surface area contributed by atoms with E-state index in [-0.39, 0.29) is 5.82 Å². The molecule has 0 aromatic heterocycles. The average molecular weight is 245 g/mol. The molecule has 0 heterocycles. The highest BCUT2D eigenvalue weighted by atomic mass is 19.1. The lowest BCUT2D eigenvalue weighted by Gasteiger charge is -2.23. The first kappa shape index (κ1) is 12.6. The predicted octanol–water partition coefficient (Wildman–Crippen LogP) is 3.00. The fourth-order valence-electron chi connectivity index (χ4n) is 1.86. The topological polar surface area (TPSA) is 23.5 Å². The van der Waals surface area contributed by atoms with E-state index in [2.05, 4.69) is 0 Å². The highest BCUT2D eigenvalue weighted by Crippen LogP contribution is 2.18. The lowest BCUT2D eigenvalue weighted by Crippen LogP contribution is -2.24. The maximum absolute atomic E-state index is 13.1. The molecule has 3 heteroatoms. The van der Waals surface area contributed by atoms with Crippen molar-refractivity contribution in [3.05, 3.63) is 66.0 Å². The van der Waals surface area contributed by atoms with Crippen molar-refractivity contribution in [1.82, 2.24) is 0 Å². The largest absolute Gasteiger partial charge is 0.387 e. The molecule has 1 N–H and O–H groups in total. The molecule has 0 aliphatic rings. The Hall–Kier alpha value is -1.87. The van der Waals surface area contributed by atoms with Gasteiger partial charge in [0.15, 0.2) is 0 Å². The van der Waals surface area contributed by atoms with Gasteiger partial charge in [-0.15, -0.1) is 0 Å². The van der Waals surface area contributed by atoms with Gasteiger partial charge in [0.25, 0.3) is 0 Å². The van der Waals surface area contributed by atoms with E-state index in [0.717, 1.165) is 11.3 Å². The Morgan fingerprint density at radius 3 is 2.50 bits per heavy atom. The zero-order valence-electron chi connectivity index (χ0n) is 10.3. The minimum atomic E-state index is -0.584. The molecular formula is C15H16FNO. The van der Waals surface area contributed by atoms with Crippen LogP contribution in [-0.2, 0) is 0 Å². The van der Waals surface area contributed by atoms with Gasteiger partial charge in [0, 0.05) is 19.3 Å². The van der Waals surface area contributed by atoms with Crippen LogP contribution >= 0.6 is 0 Å². The van der Waals surface area contributed by atoms with Crippen molar-refractivity contribution in [2.45, 2.75) is 6.10 Å². The Bertz CT molecular complexity index is 501. The average Bonchev–Trinajstić information content (AvgIpc) is 2.39. The van der Waals surface area contributed by atoms with Gasteiger partial charge < -0.3 is 10.0 Å².